The number of para-hydroxylation sites is 1. The molecule has 0 unspecified atom stereocenters. The molecule has 6 nitrogen and oxygen atoms in total. The normalized spacial score (nSPS) is 11.9. The molecule has 4 rings (SSSR count). The van der Waals surface area contributed by atoms with Crippen LogP contribution in [0.15, 0.2) is 54.7 Å². The maximum Gasteiger partial charge on any atom is 0.241 e. The molecule has 158 valence electrons. The SMILES string of the molecule is COc1cc(-c2ccc(F)c([C@@H](C)Nc3c(Cl)cnc4ccccc34)c2)c(OC)nn1. The lowest BCUT2D eigenvalue weighted by molar-refractivity contribution is 0.369. The van der Waals surface area contributed by atoms with E-state index in [9.17, 15) is 4.39 Å². The van der Waals surface area contributed by atoms with Crippen LogP contribution in [0.2, 0.25) is 5.02 Å². The first-order chi connectivity index (χ1) is 15.0. The fourth-order valence-corrected chi connectivity index (χ4v) is 3.63. The Morgan fingerprint density at radius 1 is 1.03 bits per heavy atom. The molecule has 0 aliphatic rings. The van der Waals surface area contributed by atoms with Crippen LogP contribution in [-0.2, 0) is 0 Å². The summed E-state index contributed by atoms with van der Waals surface area (Å²) in [5.74, 6) is 0.316. The summed E-state index contributed by atoms with van der Waals surface area (Å²) >= 11 is 6.41. The van der Waals surface area contributed by atoms with Gasteiger partial charge in [-0.05, 0) is 30.7 Å². The van der Waals surface area contributed by atoms with Crippen molar-refractivity contribution < 1.29 is 13.9 Å². The molecule has 0 aliphatic heterocycles. The van der Waals surface area contributed by atoms with Gasteiger partial charge in [-0.1, -0.05) is 35.9 Å². The van der Waals surface area contributed by atoms with E-state index in [1.807, 2.05) is 31.2 Å². The van der Waals surface area contributed by atoms with E-state index in [1.165, 1.54) is 20.3 Å². The molecule has 2 heterocycles. The van der Waals surface area contributed by atoms with Crippen molar-refractivity contribution in [1.82, 2.24) is 15.2 Å². The highest BCUT2D eigenvalue weighted by atomic mass is 35.5. The number of aromatic nitrogens is 3. The van der Waals surface area contributed by atoms with Gasteiger partial charge >= 0.3 is 0 Å². The van der Waals surface area contributed by atoms with Gasteiger partial charge < -0.3 is 14.8 Å². The van der Waals surface area contributed by atoms with Gasteiger partial charge in [0, 0.05) is 23.2 Å². The minimum atomic E-state index is -0.383. The number of fused-ring (bicyclic) bond motifs is 1. The van der Waals surface area contributed by atoms with Crippen LogP contribution in [0.5, 0.6) is 11.8 Å². The van der Waals surface area contributed by atoms with Crippen molar-refractivity contribution in [2.75, 3.05) is 19.5 Å². The van der Waals surface area contributed by atoms with Crippen LogP contribution in [-0.4, -0.2) is 29.4 Å². The number of anilines is 1. The van der Waals surface area contributed by atoms with Crippen LogP contribution >= 0.6 is 11.6 Å². The first-order valence-corrected chi connectivity index (χ1v) is 9.95. The summed E-state index contributed by atoms with van der Waals surface area (Å²) in [6, 6.07) is 13.8. The maximum atomic E-state index is 14.8. The molecule has 0 saturated carbocycles. The van der Waals surface area contributed by atoms with Gasteiger partial charge in [0.15, 0.2) is 0 Å². The first kappa shape index (κ1) is 20.8. The van der Waals surface area contributed by atoms with E-state index in [-0.39, 0.29) is 11.9 Å². The highest BCUT2D eigenvalue weighted by Gasteiger charge is 2.18. The molecule has 2 aromatic heterocycles. The highest BCUT2D eigenvalue weighted by molar-refractivity contribution is 6.34. The molecule has 1 atom stereocenters. The molecule has 0 radical (unpaired) electrons. The summed E-state index contributed by atoms with van der Waals surface area (Å²) in [5.41, 5.74) is 3.34. The Balaban J connectivity index is 1.74. The third kappa shape index (κ3) is 4.09. The fourth-order valence-electron chi connectivity index (χ4n) is 3.42. The van der Waals surface area contributed by atoms with Crippen molar-refractivity contribution in [2.24, 2.45) is 0 Å². The minimum absolute atomic E-state index is 0.321. The zero-order valence-electron chi connectivity index (χ0n) is 17.2. The lowest BCUT2D eigenvalue weighted by atomic mass is 10.00. The van der Waals surface area contributed by atoms with Gasteiger partial charge in [-0.15, -0.1) is 10.2 Å². The van der Waals surface area contributed by atoms with Gasteiger partial charge in [0.2, 0.25) is 11.8 Å². The number of pyridine rings is 1. The highest BCUT2D eigenvalue weighted by Crippen LogP contribution is 2.36. The second-order valence-electron chi connectivity index (χ2n) is 6.91. The van der Waals surface area contributed by atoms with Gasteiger partial charge in [0.1, 0.15) is 5.82 Å². The predicted octanol–water partition coefficient (Wildman–Crippen LogP) is 5.67. The van der Waals surface area contributed by atoms with Gasteiger partial charge in [-0.2, -0.15) is 0 Å². The van der Waals surface area contributed by atoms with Gasteiger partial charge in [0.05, 0.1) is 42.1 Å². The summed E-state index contributed by atoms with van der Waals surface area (Å²) in [6.07, 6.45) is 1.59. The molecule has 1 N–H and O–H groups in total. The largest absolute Gasteiger partial charge is 0.480 e. The molecule has 0 fully saturated rings. The zero-order valence-corrected chi connectivity index (χ0v) is 17.9. The number of benzene rings is 2. The van der Waals surface area contributed by atoms with E-state index in [0.29, 0.717) is 33.6 Å². The Morgan fingerprint density at radius 2 is 1.84 bits per heavy atom. The van der Waals surface area contributed by atoms with Crippen LogP contribution in [0.4, 0.5) is 10.1 Å². The Hall–Kier alpha value is -3.45. The lowest BCUT2D eigenvalue weighted by Gasteiger charge is -2.20. The number of halogens is 2. The third-order valence-corrected chi connectivity index (χ3v) is 5.29. The summed E-state index contributed by atoms with van der Waals surface area (Å²) < 4.78 is 25.3. The van der Waals surface area contributed by atoms with E-state index < -0.39 is 0 Å². The number of ether oxygens (including phenoxy) is 2. The van der Waals surface area contributed by atoms with Gasteiger partial charge in [-0.25, -0.2) is 4.39 Å². The number of hydrogen-bond donors (Lipinski definition) is 1. The molecule has 4 aromatic rings. The number of nitrogens with one attached hydrogen (secondary N) is 1. The molecule has 8 heteroatoms. The average molecular weight is 439 g/mol. The molecule has 0 bridgehead atoms. The predicted molar refractivity (Wildman–Crippen MR) is 119 cm³/mol. The summed E-state index contributed by atoms with van der Waals surface area (Å²) in [7, 11) is 3.01. The first-order valence-electron chi connectivity index (χ1n) is 9.57. The summed E-state index contributed by atoms with van der Waals surface area (Å²) in [5, 5.41) is 12.6. The van der Waals surface area contributed by atoms with Crippen molar-refractivity contribution in [2.45, 2.75) is 13.0 Å². The van der Waals surface area contributed by atoms with E-state index in [0.717, 1.165) is 16.5 Å². The topological polar surface area (TPSA) is 69.2 Å². The molecule has 0 aliphatic carbocycles. The molecule has 0 amide bonds. The van der Waals surface area contributed by atoms with E-state index >= 15 is 0 Å². The van der Waals surface area contributed by atoms with Crippen molar-refractivity contribution in [3.63, 3.8) is 0 Å². The Labute approximate surface area is 184 Å². The Bertz CT molecular complexity index is 1250. The molecule has 31 heavy (non-hydrogen) atoms. The van der Waals surface area contributed by atoms with Crippen molar-refractivity contribution in [1.29, 1.82) is 0 Å². The lowest BCUT2D eigenvalue weighted by Crippen LogP contribution is -2.10. The second-order valence-corrected chi connectivity index (χ2v) is 7.32. The average Bonchev–Trinajstić information content (AvgIpc) is 2.80. The van der Waals surface area contributed by atoms with Crippen LogP contribution in [0.25, 0.3) is 22.0 Å². The van der Waals surface area contributed by atoms with Crippen LogP contribution in [0.3, 0.4) is 0 Å². The monoisotopic (exact) mass is 438 g/mol. The molecular weight excluding hydrogens is 419 g/mol. The maximum absolute atomic E-state index is 14.8. The Morgan fingerprint density at radius 3 is 2.61 bits per heavy atom. The third-order valence-electron chi connectivity index (χ3n) is 5.00. The standard InChI is InChI=1S/C23H20ClFN4O2/c1-13(27-22-15-6-4-5-7-20(15)26-12-18(22)24)16-10-14(8-9-19(16)25)17-11-21(30-2)28-29-23(17)31-3/h4-13H,1-3H3,(H,26,27)/t13-/m1/s1. The zero-order chi connectivity index (χ0) is 22.0. The van der Waals surface area contributed by atoms with Crippen LogP contribution < -0.4 is 14.8 Å². The van der Waals surface area contributed by atoms with E-state index in [4.69, 9.17) is 21.1 Å². The molecule has 0 saturated heterocycles. The molecule has 2 aromatic carbocycles. The summed E-state index contributed by atoms with van der Waals surface area (Å²) in [6.45, 7) is 1.87. The van der Waals surface area contributed by atoms with Crippen molar-refractivity contribution in [3.8, 4) is 22.9 Å². The minimum Gasteiger partial charge on any atom is -0.480 e. The van der Waals surface area contributed by atoms with Crippen molar-refractivity contribution in [3.05, 3.63) is 71.1 Å². The number of rotatable bonds is 6. The van der Waals surface area contributed by atoms with Crippen LogP contribution in [0.1, 0.15) is 18.5 Å². The van der Waals surface area contributed by atoms with Crippen LogP contribution in [0, 0.1) is 5.82 Å². The number of nitrogens with zero attached hydrogens (tertiary/aromatic N) is 3. The summed E-state index contributed by atoms with van der Waals surface area (Å²) in [4.78, 5) is 4.34. The van der Waals surface area contributed by atoms with Crippen molar-refractivity contribution >= 4 is 28.2 Å². The number of hydrogen-bond acceptors (Lipinski definition) is 6. The smallest absolute Gasteiger partial charge is 0.241 e. The van der Waals surface area contributed by atoms with Gasteiger partial charge in [0.25, 0.3) is 0 Å². The quantitative estimate of drug-likeness (QED) is 0.418. The molecular formula is C23H20ClFN4O2. The molecule has 0 spiro atoms. The Kier molecular flexibility index (Phi) is 5.86. The van der Waals surface area contributed by atoms with E-state index in [2.05, 4.69) is 20.5 Å². The fraction of sp³-hybridized carbons (Fsp3) is 0.174. The number of methoxy groups -OCH3 is 2. The van der Waals surface area contributed by atoms with Gasteiger partial charge in [-0.3, -0.25) is 4.98 Å². The van der Waals surface area contributed by atoms with E-state index in [1.54, 1.807) is 24.4 Å². The second kappa shape index (κ2) is 8.73.